The lowest BCUT2D eigenvalue weighted by Crippen LogP contribution is -2.21. The number of aryl methyl sites for hydroxylation is 1. The largest absolute Gasteiger partial charge is 0.451 e. The van der Waals surface area contributed by atoms with Gasteiger partial charge in [-0.3, -0.25) is 9.59 Å². The Kier molecular flexibility index (Phi) is 5.33. The molecule has 6 nitrogen and oxygen atoms in total. The van der Waals surface area contributed by atoms with Crippen LogP contribution in [0.5, 0.6) is 0 Å². The third-order valence-corrected chi connectivity index (χ3v) is 3.56. The fourth-order valence-electron chi connectivity index (χ4n) is 1.93. The van der Waals surface area contributed by atoms with Crippen LogP contribution in [0.4, 0.5) is 5.69 Å². The first-order valence-corrected chi connectivity index (χ1v) is 7.56. The molecule has 0 saturated carbocycles. The standard InChI is InChI=1S/C16H15BrN2O4/c1-10(20)11-6-14(19(2)8-11)16(22)23-9-15(21)18-13-5-3-4-12(17)7-13/h3-8H,9H2,1-2H3,(H,18,21). The summed E-state index contributed by atoms with van der Waals surface area (Å²) in [4.78, 5) is 35.1. The first kappa shape index (κ1) is 17.0. The number of anilines is 1. The van der Waals surface area contributed by atoms with Gasteiger partial charge >= 0.3 is 5.97 Å². The minimum absolute atomic E-state index is 0.146. The molecule has 0 saturated heterocycles. The van der Waals surface area contributed by atoms with Crippen molar-refractivity contribution < 1.29 is 19.1 Å². The molecule has 0 bridgehead atoms. The highest BCUT2D eigenvalue weighted by molar-refractivity contribution is 9.10. The molecular weight excluding hydrogens is 364 g/mol. The van der Waals surface area contributed by atoms with E-state index in [-0.39, 0.29) is 11.5 Å². The third kappa shape index (κ3) is 4.53. The van der Waals surface area contributed by atoms with Gasteiger partial charge in [-0.15, -0.1) is 0 Å². The average Bonchev–Trinajstić information content (AvgIpc) is 2.87. The predicted molar refractivity (Wildman–Crippen MR) is 88.5 cm³/mol. The quantitative estimate of drug-likeness (QED) is 0.640. The summed E-state index contributed by atoms with van der Waals surface area (Å²) in [6.07, 6.45) is 1.54. The lowest BCUT2D eigenvalue weighted by atomic mass is 10.2. The molecule has 0 aliphatic heterocycles. The molecule has 1 aromatic heterocycles. The number of hydrogen-bond acceptors (Lipinski definition) is 4. The van der Waals surface area contributed by atoms with Gasteiger partial charge in [0.05, 0.1) is 0 Å². The Morgan fingerprint density at radius 2 is 2.00 bits per heavy atom. The summed E-state index contributed by atoms with van der Waals surface area (Å²) < 4.78 is 7.29. The molecule has 2 aromatic rings. The molecule has 0 radical (unpaired) electrons. The topological polar surface area (TPSA) is 77.4 Å². The van der Waals surface area contributed by atoms with Crippen LogP contribution < -0.4 is 5.32 Å². The Morgan fingerprint density at radius 1 is 1.26 bits per heavy atom. The second-order valence-corrected chi connectivity index (χ2v) is 5.83. The highest BCUT2D eigenvalue weighted by atomic mass is 79.9. The predicted octanol–water partition coefficient (Wildman–Crippen LogP) is 2.79. The number of esters is 1. The number of amides is 1. The fourth-order valence-corrected chi connectivity index (χ4v) is 2.33. The van der Waals surface area contributed by atoms with Crippen molar-refractivity contribution >= 4 is 39.3 Å². The minimum atomic E-state index is -0.663. The maximum atomic E-state index is 12.0. The zero-order valence-corrected chi connectivity index (χ0v) is 14.2. The summed E-state index contributed by atoms with van der Waals surface area (Å²) in [6.45, 7) is 1.00. The van der Waals surface area contributed by atoms with Crippen molar-refractivity contribution in [3.05, 3.63) is 52.3 Å². The number of ketones is 1. The number of rotatable bonds is 5. The number of nitrogens with one attached hydrogen (secondary N) is 1. The molecule has 0 atom stereocenters. The summed E-state index contributed by atoms with van der Waals surface area (Å²) in [5, 5.41) is 2.62. The van der Waals surface area contributed by atoms with Crippen LogP contribution in [0, 0.1) is 0 Å². The molecule has 1 amide bonds. The number of hydrogen-bond donors (Lipinski definition) is 1. The van der Waals surface area contributed by atoms with Crippen LogP contribution in [0.1, 0.15) is 27.8 Å². The average molecular weight is 379 g/mol. The second kappa shape index (κ2) is 7.23. The monoisotopic (exact) mass is 378 g/mol. The van der Waals surface area contributed by atoms with Crippen LogP contribution in [0.15, 0.2) is 41.0 Å². The molecule has 120 valence electrons. The molecule has 0 unspecified atom stereocenters. The number of ether oxygens (including phenoxy) is 1. The van der Waals surface area contributed by atoms with Crippen LogP contribution in [0.25, 0.3) is 0 Å². The maximum absolute atomic E-state index is 12.0. The molecule has 0 fully saturated rings. The summed E-state index contributed by atoms with van der Waals surface area (Å²) in [5.74, 6) is -1.26. The van der Waals surface area contributed by atoms with Crippen LogP contribution >= 0.6 is 15.9 Å². The van der Waals surface area contributed by atoms with Gasteiger partial charge in [-0.05, 0) is 31.2 Å². The van der Waals surface area contributed by atoms with Crippen LogP contribution in [0.3, 0.4) is 0 Å². The molecule has 1 aromatic carbocycles. The lowest BCUT2D eigenvalue weighted by molar-refractivity contribution is -0.119. The van der Waals surface area contributed by atoms with E-state index in [4.69, 9.17) is 4.74 Å². The van der Waals surface area contributed by atoms with E-state index in [1.165, 1.54) is 17.6 Å². The van der Waals surface area contributed by atoms with Crippen molar-refractivity contribution in [2.75, 3.05) is 11.9 Å². The van der Waals surface area contributed by atoms with Crippen LogP contribution in [0.2, 0.25) is 0 Å². The number of aromatic nitrogens is 1. The Labute approximate surface area is 141 Å². The molecule has 0 aliphatic rings. The van der Waals surface area contributed by atoms with E-state index in [0.29, 0.717) is 11.3 Å². The fraction of sp³-hybridized carbons (Fsp3) is 0.188. The maximum Gasteiger partial charge on any atom is 0.355 e. The van der Waals surface area contributed by atoms with E-state index in [1.54, 1.807) is 31.4 Å². The van der Waals surface area contributed by atoms with E-state index in [9.17, 15) is 14.4 Å². The number of halogens is 1. The molecule has 7 heteroatoms. The second-order valence-electron chi connectivity index (χ2n) is 4.92. The van der Waals surface area contributed by atoms with E-state index in [1.807, 2.05) is 6.07 Å². The Bertz CT molecular complexity index is 767. The Morgan fingerprint density at radius 3 is 2.61 bits per heavy atom. The molecule has 1 N–H and O–H groups in total. The van der Waals surface area contributed by atoms with Crippen molar-refractivity contribution in [3.8, 4) is 0 Å². The number of carbonyl (C=O) groups excluding carboxylic acids is 3. The smallest absolute Gasteiger partial charge is 0.355 e. The minimum Gasteiger partial charge on any atom is -0.451 e. The van der Waals surface area contributed by atoms with Gasteiger partial charge < -0.3 is 14.6 Å². The van der Waals surface area contributed by atoms with Gasteiger partial charge in [0, 0.05) is 29.0 Å². The first-order chi connectivity index (χ1) is 10.9. The lowest BCUT2D eigenvalue weighted by Gasteiger charge is -2.07. The van der Waals surface area contributed by atoms with E-state index >= 15 is 0 Å². The van der Waals surface area contributed by atoms with Gasteiger partial charge in [0.15, 0.2) is 12.4 Å². The molecular formula is C16H15BrN2O4. The zero-order valence-electron chi connectivity index (χ0n) is 12.6. The van der Waals surface area contributed by atoms with Crippen molar-refractivity contribution in [2.45, 2.75) is 6.92 Å². The summed E-state index contributed by atoms with van der Waals surface area (Å²) in [5.41, 5.74) is 1.22. The molecule has 2 rings (SSSR count). The number of carbonyl (C=O) groups is 3. The van der Waals surface area contributed by atoms with E-state index in [0.717, 1.165) is 4.47 Å². The van der Waals surface area contributed by atoms with Gasteiger partial charge in [0.25, 0.3) is 5.91 Å². The zero-order chi connectivity index (χ0) is 17.0. The molecule has 23 heavy (non-hydrogen) atoms. The number of nitrogens with zero attached hydrogens (tertiary/aromatic N) is 1. The molecule has 0 spiro atoms. The van der Waals surface area contributed by atoms with Crippen LogP contribution in [-0.2, 0) is 16.6 Å². The van der Waals surface area contributed by atoms with E-state index < -0.39 is 18.5 Å². The van der Waals surface area contributed by atoms with Gasteiger partial charge in [-0.25, -0.2) is 4.79 Å². The van der Waals surface area contributed by atoms with Gasteiger partial charge in [-0.2, -0.15) is 0 Å². The molecule has 1 heterocycles. The van der Waals surface area contributed by atoms with Gasteiger partial charge in [-0.1, -0.05) is 22.0 Å². The number of Topliss-reactive ketones (excluding diaryl/α,β-unsaturated/α-hetero) is 1. The third-order valence-electron chi connectivity index (χ3n) is 3.06. The Hall–Kier alpha value is -2.41. The number of benzene rings is 1. The SMILES string of the molecule is CC(=O)c1cc(C(=O)OCC(=O)Nc2cccc(Br)c2)n(C)c1. The van der Waals surface area contributed by atoms with Crippen molar-refractivity contribution in [3.63, 3.8) is 0 Å². The normalized spacial score (nSPS) is 10.2. The van der Waals surface area contributed by atoms with Crippen LogP contribution in [-0.4, -0.2) is 28.8 Å². The summed E-state index contributed by atoms with van der Waals surface area (Å²) in [7, 11) is 1.63. The molecule has 0 aliphatic carbocycles. The highest BCUT2D eigenvalue weighted by Crippen LogP contribution is 2.15. The summed E-state index contributed by atoms with van der Waals surface area (Å²) >= 11 is 3.30. The van der Waals surface area contributed by atoms with Gasteiger partial charge in [0.2, 0.25) is 0 Å². The Balaban J connectivity index is 1.93. The van der Waals surface area contributed by atoms with Crippen molar-refractivity contribution in [1.82, 2.24) is 4.57 Å². The van der Waals surface area contributed by atoms with Gasteiger partial charge in [0.1, 0.15) is 5.69 Å². The highest BCUT2D eigenvalue weighted by Gasteiger charge is 2.16. The van der Waals surface area contributed by atoms with E-state index in [2.05, 4.69) is 21.2 Å². The van der Waals surface area contributed by atoms with Crippen molar-refractivity contribution in [2.24, 2.45) is 7.05 Å². The summed E-state index contributed by atoms with van der Waals surface area (Å²) in [6, 6.07) is 8.50. The van der Waals surface area contributed by atoms with Crippen molar-refractivity contribution in [1.29, 1.82) is 0 Å². The first-order valence-electron chi connectivity index (χ1n) is 6.76.